The maximum atomic E-state index is 12.4. The van der Waals surface area contributed by atoms with Crippen LogP contribution in [0.5, 0.6) is 11.5 Å². The van der Waals surface area contributed by atoms with Crippen LogP contribution in [-0.4, -0.2) is 17.1 Å². The van der Waals surface area contributed by atoms with Gasteiger partial charge in [0.25, 0.3) is 0 Å². The molecule has 0 bridgehead atoms. The number of nitriles is 1. The standard InChI is InChI=1S/C21H17BrN2O3/c1-2-26-19-12-16(14-23)11-18(22)21(19)27-20(25)13-15-5-7-17(8-6-15)24-9-3-4-10-24/h3-12H,2,13H2,1H3. The third kappa shape index (κ3) is 4.57. The van der Waals surface area contributed by atoms with E-state index in [2.05, 4.69) is 22.0 Å². The van der Waals surface area contributed by atoms with Crippen molar-refractivity contribution in [3.05, 3.63) is 76.5 Å². The molecule has 3 rings (SSSR count). The molecular formula is C21H17BrN2O3. The molecule has 0 unspecified atom stereocenters. The van der Waals surface area contributed by atoms with Gasteiger partial charge in [-0.1, -0.05) is 12.1 Å². The Morgan fingerprint density at radius 2 is 1.89 bits per heavy atom. The minimum Gasteiger partial charge on any atom is -0.490 e. The number of halogens is 1. The number of ether oxygens (including phenoxy) is 2. The first-order valence-corrected chi connectivity index (χ1v) is 9.19. The van der Waals surface area contributed by atoms with Crippen molar-refractivity contribution in [3.63, 3.8) is 0 Å². The van der Waals surface area contributed by atoms with E-state index in [4.69, 9.17) is 14.7 Å². The van der Waals surface area contributed by atoms with Gasteiger partial charge in [0.2, 0.25) is 0 Å². The van der Waals surface area contributed by atoms with Gasteiger partial charge in [0.1, 0.15) is 0 Å². The summed E-state index contributed by atoms with van der Waals surface area (Å²) < 4.78 is 13.5. The minimum absolute atomic E-state index is 0.129. The molecule has 0 saturated carbocycles. The van der Waals surface area contributed by atoms with Crippen LogP contribution in [-0.2, 0) is 11.2 Å². The SMILES string of the molecule is CCOc1cc(C#N)cc(Br)c1OC(=O)Cc1ccc(-n2cccc2)cc1. The van der Waals surface area contributed by atoms with Crippen LogP contribution >= 0.6 is 15.9 Å². The van der Waals surface area contributed by atoms with E-state index in [0.717, 1.165) is 11.3 Å². The molecule has 5 nitrogen and oxygen atoms in total. The van der Waals surface area contributed by atoms with Gasteiger partial charge < -0.3 is 14.0 Å². The first kappa shape index (κ1) is 18.7. The monoisotopic (exact) mass is 424 g/mol. The third-order valence-corrected chi connectivity index (χ3v) is 4.43. The molecule has 0 spiro atoms. The summed E-state index contributed by atoms with van der Waals surface area (Å²) in [6, 6.07) is 16.8. The molecule has 1 heterocycles. The van der Waals surface area contributed by atoms with Gasteiger partial charge in [-0.15, -0.1) is 0 Å². The molecule has 0 fully saturated rings. The Morgan fingerprint density at radius 3 is 2.52 bits per heavy atom. The second kappa shape index (κ2) is 8.56. The molecule has 0 amide bonds. The fraction of sp³-hybridized carbons (Fsp3) is 0.143. The van der Waals surface area contributed by atoms with Crippen molar-refractivity contribution < 1.29 is 14.3 Å². The van der Waals surface area contributed by atoms with E-state index >= 15 is 0 Å². The van der Waals surface area contributed by atoms with Crippen molar-refractivity contribution in [1.82, 2.24) is 4.57 Å². The van der Waals surface area contributed by atoms with Crippen LogP contribution < -0.4 is 9.47 Å². The van der Waals surface area contributed by atoms with E-state index in [1.54, 1.807) is 12.1 Å². The Kier molecular flexibility index (Phi) is 5.94. The predicted molar refractivity (Wildman–Crippen MR) is 105 cm³/mol. The van der Waals surface area contributed by atoms with Crippen molar-refractivity contribution in [3.8, 4) is 23.3 Å². The van der Waals surface area contributed by atoms with Gasteiger partial charge in [-0.25, -0.2) is 0 Å². The molecule has 3 aromatic rings. The summed E-state index contributed by atoms with van der Waals surface area (Å²) in [6.45, 7) is 2.22. The molecule has 136 valence electrons. The molecule has 0 atom stereocenters. The number of hydrogen-bond acceptors (Lipinski definition) is 4. The Hall–Kier alpha value is -3.04. The highest BCUT2D eigenvalue weighted by Crippen LogP contribution is 2.37. The normalized spacial score (nSPS) is 10.3. The lowest BCUT2D eigenvalue weighted by Crippen LogP contribution is -2.13. The van der Waals surface area contributed by atoms with Gasteiger partial charge in [-0.3, -0.25) is 4.79 Å². The second-order valence-electron chi connectivity index (χ2n) is 5.74. The number of esters is 1. The Labute approximate surface area is 165 Å². The van der Waals surface area contributed by atoms with Gasteiger partial charge in [0.15, 0.2) is 11.5 Å². The quantitative estimate of drug-likeness (QED) is 0.426. The average molecular weight is 425 g/mol. The molecule has 1 aromatic heterocycles. The molecule has 6 heteroatoms. The molecule has 0 aliphatic heterocycles. The molecule has 0 aliphatic carbocycles. The van der Waals surface area contributed by atoms with Crippen LogP contribution in [0.4, 0.5) is 0 Å². The molecule has 0 N–H and O–H groups in total. The number of aromatic nitrogens is 1. The molecule has 27 heavy (non-hydrogen) atoms. The molecule has 2 aromatic carbocycles. The number of rotatable bonds is 6. The van der Waals surface area contributed by atoms with Crippen LogP contribution in [0.25, 0.3) is 5.69 Å². The fourth-order valence-electron chi connectivity index (χ4n) is 2.60. The van der Waals surface area contributed by atoms with Crippen molar-refractivity contribution in [2.75, 3.05) is 6.61 Å². The summed E-state index contributed by atoms with van der Waals surface area (Å²) in [7, 11) is 0. The van der Waals surface area contributed by atoms with Gasteiger partial charge in [0.05, 0.1) is 29.1 Å². The highest BCUT2D eigenvalue weighted by atomic mass is 79.9. The lowest BCUT2D eigenvalue weighted by Gasteiger charge is -2.13. The summed E-state index contributed by atoms with van der Waals surface area (Å²) >= 11 is 3.34. The molecular weight excluding hydrogens is 408 g/mol. The average Bonchev–Trinajstić information content (AvgIpc) is 3.20. The summed E-state index contributed by atoms with van der Waals surface area (Å²) in [6.07, 6.45) is 4.05. The minimum atomic E-state index is -0.407. The predicted octanol–water partition coefficient (Wildman–Crippen LogP) is 4.66. The smallest absolute Gasteiger partial charge is 0.315 e. The first-order chi connectivity index (χ1) is 13.1. The number of hydrogen-bond donors (Lipinski definition) is 0. The maximum Gasteiger partial charge on any atom is 0.315 e. The Morgan fingerprint density at radius 1 is 1.19 bits per heavy atom. The highest BCUT2D eigenvalue weighted by molar-refractivity contribution is 9.10. The van der Waals surface area contributed by atoms with Crippen LogP contribution in [0.3, 0.4) is 0 Å². The van der Waals surface area contributed by atoms with Crippen LogP contribution in [0.15, 0.2) is 65.4 Å². The van der Waals surface area contributed by atoms with Gasteiger partial charge in [-0.05, 0) is 58.7 Å². The van der Waals surface area contributed by atoms with Gasteiger partial charge in [-0.2, -0.15) is 5.26 Å². The summed E-state index contributed by atoms with van der Waals surface area (Å²) in [5.74, 6) is 0.236. The third-order valence-electron chi connectivity index (χ3n) is 3.84. The van der Waals surface area contributed by atoms with E-state index in [1.807, 2.05) is 60.3 Å². The van der Waals surface area contributed by atoms with E-state index in [0.29, 0.717) is 22.4 Å². The zero-order chi connectivity index (χ0) is 19.2. The van der Waals surface area contributed by atoms with Crippen molar-refractivity contribution in [1.29, 1.82) is 5.26 Å². The van der Waals surface area contributed by atoms with Crippen LogP contribution in [0, 0.1) is 11.3 Å². The number of benzene rings is 2. The maximum absolute atomic E-state index is 12.4. The largest absolute Gasteiger partial charge is 0.490 e. The first-order valence-electron chi connectivity index (χ1n) is 8.40. The summed E-state index contributed by atoms with van der Waals surface area (Å²) in [4.78, 5) is 12.4. The van der Waals surface area contributed by atoms with Crippen molar-refractivity contribution in [2.45, 2.75) is 13.3 Å². The number of carbonyl (C=O) groups excluding carboxylic acids is 1. The lowest BCUT2D eigenvalue weighted by atomic mass is 10.1. The van der Waals surface area contributed by atoms with Crippen LogP contribution in [0.2, 0.25) is 0 Å². The summed E-state index contributed by atoms with van der Waals surface area (Å²) in [5.41, 5.74) is 2.29. The second-order valence-corrected chi connectivity index (χ2v) is 6.59. The van der Waals surface area contributed by atoms with Gasteiger partial charge >= 0.3 is 5.97 Å². The van der Waals surface area contributed by atoms with Crippen LogP contribution in [0.1, 0.15) is 18.1 Å². The van der Waals surface area contributed by atoms with E-state index in [9.17, 15) is 4.79 Å². The highest BCUT2D eigenvalue weighted by Gasteiger charge is 2.16. The van der Waals surface area contributed by atoms with E-state index in [-0.39, 0.29) is 12.2 Å². The molecule has 0 radical (unpaired) electrons. The number of nitrogens with zero attached hydrogens (tertiary/aromatic N) is 2. The topological polar surface area (TPSA) is 64.2 Å². The Bertz CT molecular complexity index is 974. The number of carbonyl (C=O) groups is 1. The lowest BCUT2D eigenvalue weighted by molar-refractivity contribution is -0.133. The zero-order valence-electron chi connectivity index (χ0n) is 14.7. The Balaban J connectivity index is 1.73. The van der Waals surface area contributed by atoms with Crippen molar-refractivity contribution >= 4 is 21.9 Å². The van der Waals surface area contributed by atoms with Crippen molar-refractivity contribution in [2.24, 2.45) is 0 Å². The van der Waals surface area contributed by atoms with E-state index in [1.165, 1.54) is 0 Å². The zero-order valence-corrected chi connectivity index (χ0v) is 16.3. The fourth-order valence-corrected chi connectivity index (χ4v) is 3.13. The summed E-state index contributed by atoms with van der Waals surface area (Å²) in [5, 5.41) is 9.08. The van der Waals surface area contributed by atoms with Gasteiger partial charge in [0, 0.05) is 24.1 Å². The molecule has 0 saturated heterocycles. The van der Waals surface area contributed by atoms with E-state index < -0.39 is 5.97 Å². The molecule has 0 aliphatic rings.